The zero-order valence-electron chi connectivity index (χ0n) is 13.6. The summed E-state index contributed by atoms with van der Waals surface area (Å²) in [5.74, 6) is 0.841. The summed E-state index contributed by atoms with van der Waals surface area (Å²) in [6.07, 6.45) is 0. The van der Waals surface area contributed by atoms with Crippen LogP contribution in [0, 0.1) is 6.92 Å². The molecule has 0 atom stereocenters. The highest BCUT2D eigenvalue weighted by atomic mass is 79.9. The Hall–Kier alpha value is -1.69. The first-order chi connectivity index (χ1) is 11.7. The molecule has 0 aliphatic heterocycles. The van der Waals surface area contributed by atoms with Crippen molar-refractivity contribution in [3.05, 3.63) is 69.1 Å². The molecule has 0 saturated carbocycles. The summed E-state index contributed by atoms with van der Waals surface area (Å²) in [4.78, 5) is 5.83. The molecule has 3 nitrogen and oxygen atoms in total. The molecule has 3 rings (SSSR count). The van der Waals surface area contributed by atoms with E-state index in [4.69, 9.17) is 9.47 Å². The monoisotopic (exact) mass is 403 g/mol. The zero-order valence-corrected chi connectivity index (χ0v) is 16.0. The molecule has 0 aliphatic rings. The van der Waals surface area contributed by atoms with Gasteiger partial charge in [-0.25, -0.2) is 4.98 Å². The van der Waals surface area contributed by atoms with E-state index in [9.17, 15) is 0 Å². The van der Waals surface area contributed by atoms with Crippen LogP contribution in [0.4, 0.5) is 0 Å². The maximum absolute atomic E-state index is 5.86. The Labute approximate surface area is 154 Å². The van der Waals surface area contributed by atoms with Crippen LogP contribution in [-0.2, 0) is 18.0 Å². The Morgan fingerprint density at radius 1 is 1.04 bits per heavy atom. The highest BCUT2D eigenvalue weighted by Gasteiger charge is 2.13. The second-order valence-electron chi connectivity index (χ2n) is 5.35. The normalized spacial score (nSPS) is 10.8. The number of rotatable bonds is 6. The second kappa shape index (κ2) is 7.92. The highest BCUT2D eigenvalue weighted by molar-refractivity contribution is 9.10. The predicted octanol–water partition coefficient (Wildman–Crippen LogP) is 5.61. The summed E-state index contributed by atoms with van der Waals surface area (Å²) in [5, 5.41) is 0.965. The van der Waals surface area contributed by atoms with Crippen molar-refractivity contribution < 1.29 is 9.47 Å². The van der Waals surface area contributed by atoms with E-state index in [1.807, 2.05) is 43.3 Å². The lowest BCUT2D eigenvalue weighted by molar-refractivity contribution is 0.109. The molecule has 2 aromatic carbocycles. The third kappa shape index (κ3) is 4.04. The molecular formula is C19H18BrNO2S. The third-order valence-corrected chi connectivity index (χ3v) is 5.34. The van der Waals surface area contributed by atoms with Gasteiger partial charge >= 0.3 is 0 Å². The zero-order chi connectivity index (χ0) is 16.9. The van der Waals surface area contributed by atoms with Gasteiger partial charge in [-0.3, -0.25) is 0 Å². The van der Waals surface area contributed by atoms with Crippen LogP contribution >= 0.6 is 27.3 Å². The van der Waals surface area contributed by atoms with Crippen molar-refractivity contribution in [3.8, 4) is 16.3 Å². The number of aryl methyl sites for hydroxylation is 1. The van der Waals surface area contributed by atoms with Crippen molar-refractivity contribution in [2.24, 2.45) is 0 Å². The molecule has 0 aliphatic carbocycles. The fourth-order valence-corrected chi connectivity index (χ4v) is 3.64. The van der Waals surface area contributed by atoms with Crippen molar-refractivity contribution >= 4 is 27.3 Å². The van der Waals surface area contributed by atoms with E-state index in [-0.39, 0.29) is 0 Å². The lowest BCUT2D eigenvalue weighted by Crippen LogP contribution is -1.93. The van der Waals surface area contributed by atoms with Gasteiger partial charge in [-0.15, -0.1) is 11.3 Å². The Morgan fingerprint density at radius 2 is 1.79 bits per heavy atom. The van der Waals surface area contributed by atoms with E-state index in [0.29, 0.717) is 13.2 Å². The van der Waals surface area contributed by atoms with Crippen molar-refractivity contribution in [3.63, 3.8) is 0 Å². The molecule has 0 bridgehead atoms. The molecule has 24 heavy (non-hydrogen) atoms. The summed E-state index contributed by atoms with van der Waals surface area (Å²) in [5.41, 5.74) is 3.19. The van der Waals surface area contributed by atoms with Crippen LogP contribution in [0.5, 0.6) is 5.75 Å². The molecule has 1 aromatic heterocycles. The average Bonchev–Trinajstić information content (AvgIpc) is 2.97. The topological polar surface area (TPSA) is 31.4 Å². The van der Waals surface area contributed by atoms with Crippen molar-refractivity contribution in [1.29, 1.82) is 0 Å². The number of benzene rings is 2. The molecular weight excluding hydrogens is 386 g/mol. The highest BCUT2D eigenvalue weighted by Crippen LogP contribution is 2.34. The van der Waals surface area contributed by atoms with E-state index in [0.717, 1.165) is 36.9 Å². The van der Waals surface area contributed by atoms with Crippen molar-refractivity contribution in [1.82, 2.24) is 4.98 Å². The molecule has 3 aromatic rings. The van der Waals surface area contributed by atoms with Crippen molar-refractivity contribution in [2.75, 3.05) is 7.11 Å². The minimum absolute atomic E-state index is 0.564. The summed E-state index contributed by atoms with van der Waals surface area (Å²) in [6.45, 7) is 3.18. The first-order valence-corrected chi connectivity index (χ1v) is 9.20. The number of hydrogen-bond acceptors (Lipinski definition) is 4. The molecule has 0 saturated heterocycles. The van der Waals surface area contributed by atoms with Crippen LogP contribution in [0.15, 0.2) is 53.0 Å². The number of methoxy groups -OCH3 is 1. The van der Waals surface area contributed by atoms with Crippen molar-refractivity contribution in [2.45, 2.75) is 20.1 Å². The first-order valence-electron chi connectivity index (χ1n) is 7.59. The number of hydrogen-bond donors (Lipinski definition) is 0. The number of aromatic nitrogens is 1. The lowest BCUT2D eigenvalue weighted by Gasteiger charge is -2.04. The molecule has 0 amide bonds. The van der Waals surface area contributed by atoms with Gasteiger partial charge in [-0.2, -0.15) is 0 Å². The minimum Gasteiger partial charge on any atom is -0.496 e. The smallest absolute Gasteiger partial charge is 0.129 e. The van der Waals surface area contributed by atoms with Gasteiger partial charge in [0.25, 0.3) is 0 Å². The van der Waals surface area contributed by atoms with Crippen LogP contribution in [0.2, 0.25) is 0 Å². The molecule has 0 spiro atoms. The molecule has 0 unspecified atom stereocenters. The summed E-state index contributed by atoms with van der Waals surface area (Å²) >= 11 is 5.09. The number of ether oxygens (including phenoxy) is 2. The number of para-hydroxylation sites is 1. The molecule has 1 heterocycles. The minimum atomic E-state index is 0.564. The first kappa shape index (κ1) is 17.1. The van der Waals surface area contributed by atoms with Crippen LogP contribution in [-0.4, -0.2) is 12.1 Å². The molecule has 0 radical (unpaired) electrons. The Kier molecular flexibility index (Phi) is 5.66. The Balaban J connectivity index is 1.69. The van der Waals surface area contributed by atoms with Crippen LogP contribution in [0.3, 0.4) is 0 Å². The molecule has 0 N–H and O–H groups in total. The maximum atomic E-state index is 5.86. The Bertz CT molecular complexity index is 814. The molecule has 5 heteroatoms. The molecule has 124 valence electrons. The summed E-state index contributed by atoms with van der Waals surface area (Å²) in [7, 11) is 1.68. The van der Waals surface area contributed by atoms with E-state index in [1.54, 1.807) is 18.4 Å². The average molecular weight is 404 g/mol. The van der Waals surface area contributed by atoms with Crippen LogP contribution in [0.25, 0.3) is 10.6 Å². The van der Waals surface area contributed by atoms with Gasteiger partial charge in [0.2, 0.25) is 0 Å². The summed E-state index contributed by atoms with van der Waals surface area (Å²) < 4.78 is 12.4. The molecule has 0 fully saturated rings. The van der Waals surface area contributed by atoms with Crippen LogP contribution in [0.1, 0.15) is 16.1 Å². The summed E-state index contributed by atoms with van der Waals surface area (Å²) in [6, 6.07) is 16.1. The lowest BCUT2D eigenvalue weighted by atomic mass is 10.2. The second-order valence-corrected chi connectivity index (χ2v) is 7.35. The SMILES string of the molecule is COc1ccccc1-c1nc(C)c(COCc2ccc(Br)cc2)s1. The third-order valence-electron chi connectivity index (χ3n) is 3.65. The maximum Gasteiger partial charge on any atom is 0.129 e. The van der Waals surface area contributed by atoms with E-state index < -0.39 is 0 Å². The number of halogens is 1. The van der Waals surface area contributed by atoms with Gasteiger partial charge in [0, 0.05) is 4.47 Å². The standard InChI is InChI=1S/C19H18BrNO2S/c1-13-18(12-23-11-14-7-9-15(20)10-8-14)24-19(21-13)16-5-3-4-6-17(16)22-2/h3-10H,11-12H2,1-2H3. The van der Waals surface area contributed by atoms with Gasteiger partial charge in [0.15, 0.2) is 0 Å². The van der Waals surface area contributed by atoms with Crippen LogP contribution < -0.4 is 4.74 Å². The quantitative estimate of drug-likeness (QED) is 0.536. The van der Waals surface area contributed by atoms with E-state index in [2.05, 4.69) is 33.0 Å². The number of nitrogens with zero attached hydrogens (tertiary/aromatic N) is 1. The fraction of sp³-hybridized carbons (Fsp3) is 0.211. The predicted molar refractivity (Wildman–Crippen MR) is 101 cm³/mol. The van der Waals surface area contributed by atoms with E-state index in [1.165, 1.54) is 0 Å². The Morgan fingerprint density at radius 3 is 2.54 bits per heavy atom. The van der Waals surface area contributed by atoms with Gasteiger partial charge in [0.1, 0.15) is 10.8 Å². The van der Waals surface area contributed by atoms with Gasteiger partial charge in [-0.05, 0) is 36.8 Å². The van der Waals surface area contributed by atoms with Gasteiger partial charge in [-0.1, -0.05) is 40.2 Å². The largest absolute Gasteiger partial charge is 0.496 e. The number of thiazole rings is 1. The fourth-order valence-electron chi connectivity index (χ4n) is 2.34. The van der Waals surface area contributed by atoms with E-state index >= 15 is 0 Å². The van der Waals surface area contributed by atoms with Gasteiger partial charge in [0.05, 0.1) is 36.5 Å². The van der Waals surface area contributed by atoms with Gasteiger partial charge < -0.3 is 9.47 Å².